The van der Waals surface area contributed by atoms with Crippen LogP contribution in [-0.4, -0.2) is 18.4 Å². The quantitative estimate of drug-likeness (QED) is 0.553. The van der Waals surface area contributed by atoms with E-state index in [0.29, 0.717) is 6.61 Å². The molecule has 2 aliphatic rings. The monoisotopic (exact) mass is 324 g/mol. The molecular formula is C20H36O3. The maximum Gasteiger partial charge on any atom is 0.508 e. The molecule has 2 saturated carbocycles. The summed E-state index contributed by atoms with van der Waals surface area (Å²) < 4.78 is 10.5. The van der Waals surface area contributed by atoms with Gasteiger partial charge in [-0.1, -0.05) is 39.0 Å². The van der Waals surface area contributed by atoms with Crippen LogP contribution in [0.4, 0.5) is 4.79 Å². The van der Waals surface area contributed by atoms with Gasteiger partial charge in [-0.3, -0.25) is 0 Å². The van der Waals surface area contributed by atoms with E-state index in [1.165, 1.54) is 57.8 Å². The standard InChI is InChI=1S/C20H36O3/c1-4-6-7-16-8-10-17(11-9-16)18-12-14-20(3,15-13-18)23-19(21)22-5-2/h16-18H,4-15H2,1-3H3. The molecule has 2 aliphatic carbocycles. The first-order valence-electron chi connectivity index (χ1n) is 9.92. The summed E-state index contributed by atoms with van der Waals surface area (Å²) in [6.45, 7) is 6.57. The number of unbranched alkanes of at least 4 members (excludes halogenated alkanes) is 1. The van der Waals surface area contributed by atoms with Crippen molar-refractivity contribution in [2.24, 2.45) is 17.8 Å². The predicted octanol–water partition coefficient (Wildman–Crippen LogP) is 6.11. The van der Waals surface area contributed by atoms with Crippen molar-refractivity contribution in [2.75, 3.05) is 6.61 Å². The van der Waals surface area contributed by atoms with Crippen molar-refractivity contribution in [3.8, 4) is 0 Å². The molecular weight excluding hydrogens is 288 g/mol. The van der Waals surface area contributed by atoms with Crippen LogP contribution in [0.3, 0.4) is 0 Å². The molecule has 2 fully saturated rings. The Morgan fingerprint density at radius 2 is 1.61 bits per heavy atom. The number of ether oxygens (including phenoxy) is 2. The lowest BCUT2D eigenvalue weighted by Crippen LogP contribution is -2.38. The van der Waals surface area contributed by atoms with Gasteiger partial charge in [0.1, 0.15) is 5.60 Å². The number of carbonyl (C=O) groups excluding carboxylic acids is 1. The van der Waals surface area contributed by atoms with E-state index in [4.69, 9.17) is 9.47 Å². The highest BCUT2D eigenvalue weighted by Gasteiger charge is 2.38. The highest BCUT2D eigenvalue weighted by molar-refractivity contribution is 5.60. The Bertz CT molecular complexity index is 350. The van der Waals surface area contributed by atoms with Crippen molar-refractivity contribution in [2.45, 2.75) is 97.0 Å². The molecule has 0 aromatic heterocycles. The van der Waals surface area contributed by atoms with E-state index in [-0.39, 0.29) is 5.60 Å². The lowest BCUT2D eigenvalue weighted by atomic mass is 9.68. The third-order valence-electron chi connectivity index (χ3n) is 6.20. The van der Waals surface area contributed by atoms with E-state index in [1.807, 2.05) is 6.92 Å². The SMILES string of the molecule is CCCCC1CCC(C2CCC(C)(OC(=O)OCC)CC2)CC1. The molecule has 0 N–H and O–H groups in total. The largest absolute Gasteiger partial charge is 0.508 e. The van der Waals surface area contributed by atoms with Gasteiger partial charge >= 0.3 is 6.16 Å². The molecule has 0 aromatic carbocycles. The van der Waals surface area contributed by atoms with Crippen molar-refractivity contribution in [3.63, 3.8) is 0 Å². The van der Waals surface area contributed by atoms with E-state index in [1.54, 1.807) is 0 Å². The zero-order chi connectivity index (χ0) is 16.7. The third-order valence-corrected chi connectivity index (χ3v) is 6.20. The van der Waals surface area contributed by atoms with Crippen molar-refractivity contribution < 1.29 is 14.3 Å². The van der Waals surface area contributed by atoms with Crippen LogP contribution >= 0.6 is 0 Å². The van der Waals surface area contributed by atoms with Crippen molar-refractivity contribution in [1.82, 2.24) is 0 Å². The molecule has 0 heterocycles. The zero-order valence-electron chi connectivity index (χ0n) is 15.4. The molecule has 134 valence electrons. The zero-order valence-corrected chi connectivity index (χ0v) is 15.4. The number of carbonyl (C=O) groups is 1. The molecule has 0 bridgehead atoms. The van der Waals surface area contributed by atoms with Crippen LogP contribution in [0.5, 0.6) is 0 Å². The van der Waals surface area contributed by atoms with Gasteiger partial charge in [-0.25, -0.2) is 4.79 Å². The summed E-state index contributed by atoms with van der Waals surface area (Å²) in [7, 11) is 0. The molecule has 0 saturated heterocycles. The van der Waals surface area contributed by atoms with Gasteiger partial charge in [0.05, 0.1) is 6.61 Å². The van der Waals surface area contributed by atoms with Gasteiger partial charge in [-0.15, -0.1) is 0 Å². The average molecular weight is 325 g/mol. The Hall–Kier alpha value is -0.730. The number of hydrogen-bond donors (Lipinski definition) is 0. The Balaban J connectivity index is 1.71. The van der Waals surface area contributed by atoms with Crippen LogP contribution in [0.15, 0.2) is 0 Å². The summed E-state index contributed by atoms with van der Waals surface area (Å²) in [5.74, 6) is 2.76. The van der Waals surface area contributed by atoms with E-state index >= 15 is 0 Å². The van der Waals surface area contributed by atoms with Crippen LogP contribution in [0.2, 0.25) is 0 Å². The minimum atomic E-state index is -0.495. The van der Waals surface area contributed by atoms with Crippen molar-refractivity contribution in [3.05, 3.63) is 0 Å². The molecule has 0 radical (unpaired) electrons. The molecule has 2 rings (SSSR count). The molecule has 3 heteroatoms. The summed E-state index contributed by atoms with van der Waals surface area (Å²) in [5, 5.41) is 0. The summed E-state index contributed by atoms with van der Waals surface area (Å²) in [6, 6.07) is 0. The topological polar surface area (TPSA) is 35.5 Å². The first-order valence-corrected chi connectivity index (χ1v) is 9.92. The average Bonchev–Trinajstić information content (AvgIpc) is 2.54. The molecule has 0 amide bonds. The minimum Gasteiger partial charge on any atom is -0.435 e. The number of rotatable bonds is 6. The Labute approximate surface area is 142 Å². The Morgan fingerprint density at radius 3 is 2.17 bits per heavy atom. The van der Waals surface area contributed by atoms with E-state index < -0.39 is 6.16 Å². The second kappa shape index (κ2) is 8.94. The summed E-state index contributed by atoms with van der Waals surface area (Å²) >= 11 is 0. The van der Waals surface area contributed by atoms with Crippen LogP contribution in [0, 0.1) is 17.8 Å². The fourth-order valence-electron chi connectivity index (χ4n) is 4.61. The van der Waals surface area contributed by atoms with Gasteiger partial charge in [0, 0.05) is 0 Å². The van der Waals surface area contributed by atoms with E-state index in [2.05, 4.69) is 13.8 Å². The smallest absolute Gasteiger partial charge is 0.435 e. The molecule has 0 spiro atoms. The molecule has 23 heavy (non-hydrogen) atoms. The molecule has 0 unspecified atom stereocenters. The second-order valence-electron chi connectivity index (χ2n) is 8.00. The van der Waals surface area contributed by atoms with Crippen LogP contribution < -0.4 is 0 Å². The first-order chi connectivity index (χ1) is 11.1. The van der Waals surface area contributed by atoms with Crippen LogP contribution in [0.1, 0.15) is 91.4 Å². The third kappa shape index (κ3) is 5.69. The van der Waals surface area contributed by atoms with Gasteiger partial charge in [0.15, 0.2) is 0 Å². The van der Waals surface area contributed by atoms with E-state index in [0.717, 1.165) is 30.6 Å². The van der Waals surface area contributed by atoms with Crippen LogP contribution in [0.25, 0.3) is 0 Å². The summed E-state index contributed by atoms with van der Waals surface area (Å²) in [4.78, 5) is 11.6. The maximum absolute atomic E-state index is 11.6. The molecule has 0 aromatic rings. The summed E-state index contributed by atoms with van der Waals surface area (Å²) in [5.41, 5.74) is -0.304. The first kappa shape index (κ1) is 18.6. The fraction of sp³-hybridized carbons (Fsp3) is 0.950. The normalized spacial score (nSPS) is 34.8. The fourth-order valence-corrected chi connectivity index (χ4v) is 4.61. The lowest BCUT2D eigenvalue weighted by Gasteiger charge is -2.41. The van der Waals surface area contributed by atoms with Crippen molar-refractivity contribution >= 4 is 6.16 Å². The Morgan fingerprint density at radius 1 is 1.00 bits per heavy atom. The summed E-state index contributed by atoms with van der Waals surface area (Å²) in [6.07, 6.45) is 13.8. The van der Waals surface area contributed by atoms with Gasteiger partial charge in [0.25, 0.3) is 0 Å². The molecule has 0 aliphatic heterocycles. The molecule has 0 atom stereocenters. The Kier molecular flexibility index (Phi) is 7.23. The van der Waals surface area contributed by atoms with E-state index in [9.17, 15) is 4.79 Å². The predicted molar refractivity (Wildman–Crippen MR) is 93.4 cm³/mol. The van der Waals surface area contributed by atoms with Crippen LogP contribution in [-0.2, 0) is 9.47 Å². The number of hydrogen-bond acceptors (Lipinski definition) is 3. The van der Waals surface area contributed by atoms with Gasteiger partial charge in [-0.2, -0.15) is 0 Å². The highest BCUT2D eigenvalue weighted by atomic mass is 16.7. The second-order valence-corrected chi connectivity index (χ2v) is 8.00. The lowest BCUT2D eigenvalue weighted by molar-refractivity contribution is -0.0553. The van der Waals surface area contributed by atoms with Gasteiger partial charge < -0.3 is 9.47 Å². The van der Waals surface area contributed by atoms with Gasteiger partial charge in [-0.05, 0) is 70.1 Å². The highest BCUT2D eigenvalue weighted by Crippen LogP contribution is 2.44. The maximum atomic E-state index is 11.6. The van der Waals surface area contributed by atoms with Crippen molar-refractivity contribution in [1.29, 1.82) is 0 Å². The minimum absolute atomic E-state index is 0.304. The molecule has 3 nitrogen and oxygen atoms in total. The van der Waals surface area contributed by atoms with Gasteiger partial charge in [0.2, 0.25) is 0 Å².